The second kappa shape index (κ2) is 11.1. The maximum absolute atomic E-state index is 12.5. The number of carbonyl (C=O) groups is 3. The molecular formula is C20H27N3O5. The van der Waals surface area contributed by atoms with Gasteiger partial charge in [-0.2, -0.15) is 0 Å². The number of amides is 4. The first-order valence-electron chi connectivity index (χ1n) is 9.47. The minimum atomic E-state index is -0.402. The van der Waals surface area contributed by atoms with Crippen molar-refractivity contribution in [3.05, 3.63) is 35.5 Å². The van der Waals surface area contributed by atoms with E-state index in [0.29, 0.717) is 18.7 Å². The first-order chi connectivity index (χ1) is 13.6. The van der Waals surface area contributed by atoms with E-state index in [4.69, 9.17) is 9.94 Å². The van der Waals surface area contributed by atoms with Gasteiger partial charge >= 0.3 is 6.03 Å². The molecule has 0 spiro atoms. The van der Waals surface area contributed by atoms with E-state index in [1.54, 1.807) is 24.7 Å². The summed E-state index contributed by atoms with van der Waals surface area (Å²) in [4.78, 5) is 36.7. The average molecular weight is 389 g/mol. The van der Waals surface area contributed by atoms with Gasteiger partial charge in [0.25, 0.3) is 5.91 Å². The number of methoxy groups -OCH3 is 1. The number of urea groups is 1. The van der Waals surface area contributed by atoms with Crippen LogP contribution in [0.1, 0.15) is 50.5 Å². The molecule has 28 heavy (non-hydrogen) atoms. The molecule has 2 rings (SSSR count). The van der Waals surface area contributed by atoms with Crippen LogP contribution in [0.25, 0.3) is 6.08 Å². The highest BCUT2D eigenvalue weighted by Crippen LogP contribution is 2.22. The van der Waals surface area contributed by atoms with Gasteiger partial charge in [-0.3, -0.25) is 19.7 Å². The van der Waals surface area contributed by atoms with Crippen LogP contribution < -0.4 is 15.5 Å². The van der Waals surface area contributed by atoms with Crippen LogP contribution in [0.4, 0.5) is 4.79 Å². The quantitative estimate of drug-likeness (QED) is 0.177. The predicted octanol–water partition coefficient (Wildman–Crippen LogP) is 2.82. The van der Waals surface area contributed by atoms with Crippen molar-refractivity contribution in [2.45, 2.75) is 44.9 Å². The lowest BCUT2D eigenvalue weighted by Gasteiger charge is -2.11. The number of nitrogens with one attached hydrogen (secondary N) is 2. The number of unbranched alkanes of at least 4 members (excludes halogenated alkanes) is 5. The summed E-state index contributed by atoms with van der Waals surface area (Å²) in [5.41, 5.74) is 2.59. The van der Waals surface area contributed by atoms with E-state index in [-0.39, 0.29) is 17.5 Å². The lowest BCUT2D eigenvalue weighted by molar-refractivity contribution is -0.129. The number of nitrogens with zero attached hydrogens (tertiary/aromatic N) is 1. The van der Waals surface area contributed by atoms with Crippen LogP contribution in [0.2, 0.25) is 0 Å². The number of hydrogen-bond acceptors (Lipinski definition) is 5. The van der Waals surface area contributed by atoms with Crippen LogP contribution in [0.15, 0.2) is 30.0 Å². The van der Waals surface area contributed by atoms with E-state index < -0.39 is 6.03 Å². The van der Waals surface area contributed by atoms with E-state index in [1.165, 1.54) is 4.90 Å². The highest BCUT2D eigenvalue weighted by atomic mass is 16.5. The first kappa shape index (κ1) is 21.4. The van der Waals surface area contributed by atoms with Gasteiger partial charge in [-0.15, -0.1) is 0 Å². The summed E-state index contributed by atoms with van der Waals surface area (Å²) in [7, 11) is 1.56. The maximum atomic E-state index is 12.5. The molecule has 1 aliphatic rings. The minimum Gasteiger partial charge on any atom is -0.496 e. The molecule has 1 fully saturated rings. The molecule has 3 N–H and O–H groups in total. The summed E-state index contributed by atoms with van der Waals surface area (Å²) in [5.74, 6) is -0.0616. The summed E-state index contributed by atoms with van der Waals surface area (Å²) < 4.78 is 5.27. The Hall–Kier alpha value is -2.87. The molecule has 0 saturated carbocycles. The number of hydroxylamine groups is 1. The van der Waals surface area contributed by atoms with E-state index in [2.05, 4.69) is 5.32 Å². The number of para-hydroxylation sites is 1. The van der Waals surface area contributed by atoms with E-state index in [1.807, 2.05) is 18.2 Å². The van der Waals surface area contributed by atoms with Gasteiger partial charge in [0, 0.05) is 18.5 Å². The smallest absolute Gasteiger partial charge is 0.329 e. The number of carbonyl (C=O) groups excluding carboxylic acids is 3. The molecule has 0 radical (unpaired) electrons. The van der Waals surface area contributed by atoms with Crippen LogP contribution in [-0.4, -0.2) is 41.6 Å². The van der Waals surface area contributed by atoms with E-state index >= 15 is 0 Å². The molecule has 0 aliphatic carbocycles. The van der Waals surface area contributed by atoms with Crippen molar-refractivity contribution >= 4 is 23.9 Å². The molecule has 1 aliphatic heterocycles. The normalized spacial score (nSPS) is 15.1. The molecule has 8 heteroatoms. The Labute approximate surface area is 164 Å². The SMILES string of the molecule is COc1ccccc1/C=C1\NC(=O)N(CCCCCCCCC(=O)NO)C1=O. The van der Waals surface area contributed by atoms with E-state index in [9.17, 15) is 14.4 Å². The van der Waals surface area contributed by atoms with Crippen LogP contribution in [0.5, 0.6) is 5.75 Å². The maximum Gasteiger partial charge on any atom is 0.329 e. The van der Waals surface area contributed by atoms with Gasteiger partial charge in [0.05, 0.1) is 7.11 Å². The average Bonchev–Trinajstić information content (AvgIpc) is 2.97. The van der Waals surface area contributed by atoms with Gasteiger partial charge in [-0.1, -0.05) is 43.9 Å². The van der Waals surface area contributed by atoms with Gasteiger partial charge in [0.15, 0.2) is 0 Å². The van der Waals surface area contributed by atoms with Gasteiger partial charge in [0.2, 0.25) is 5.91 Å². The van der Waals surface area contributed by atoms with Gasteiger partial charge in [-0.05, 0) is 25.0 Å². The number of ether oxygens (including phenoxy) is 1. The fourth-order valence-electron chi connectivity index (χ4n) is 3.03. The molecule has 1 saturated heterocycles. The Bertz CT molecular complexity index is 732. The Kier molecular flexibility index (Phi) is 8.48. The predicted molar refractivity (Wildman–Crippen MR) is 103 cm³/mol. The third-order valence-electron chi connectivity index (χ3n) is 4.56. The van der Waals surface area contributed by atoms with Crippen molar-refractivity contribution < 1.29 is 24.3 Å². The number of imide groups is 1. The number of hydrogen-bond donors (Lipinski definition) is 3. The monoisotopic (exact) mass is 389 g/mol. The highest BCUT2D eigenvalue weighted by molar-refractivity contribution is 6.14. The summed E-state index contributed by atoms with van der Waals surface area (Å²) in [5, 5.41) is 11.0. The van der Waals surface area contributed by atoms with Crippen molar-refractivity contribution in [2.24, 2.45) is 0 Å². The largest absolute Gasteiger partial charge is 0.496 e. The van der Waals surface area contributed by atoms with Gasteiger partial charge < -0.3 is 10.1 Å². The van der Waals surface area contributed by atoms with Crippen LogP contribution in [0.3, 0.4) is 0 Å². The molecular weight excluding hydrogens is 362 g/mol. The molecule has 1 aromatic carbocycles. The third-order valence-corrected chi connectivity index (χ3v) is 4.56. The Morgan fingerprint density at radius 3 is 2.54 bits per heavy atom. The molecule has 0 atom stereocenters. The van der Waals surface area contributed by atoms with Crippen LogP contribution in [0, 0.1) is 0 Å². The van der Waals surface area contributed by atoms with Crippen molar-refractivity contribution in [1.82, 2.24) is 15.7 Å². The fraction of sp³-hybridized carbons (Fsp3) is 0.450. The Balaban J connectivity index is 1.75. The topological polar surface area (TPSA) is 108 Å². The fourth-order valence-corrected chi connectivity index (χ4v) is 3.03. The summed E-state index contributed by atoms with van der Waals surface area (Å²) in [6.07, 6.45) is 7.15. The third kappa shape index (κ3) is 6.09. The van der Waals surface area contributed by atoms with E-state index in [0.717, 1.165) is 44.1 Å². The standard InChI is InChI=1S/C20H27N3O5/c1-28-17-11-8-7-10-15(17)14-16-19(25)23(20(26)21-16)13-9-5-3-2-4-6-12-18(24)22-27/h7-8,10-11,14,27H,2-6,9,12-13H2,1H3,(H,21,26)(H,22,24)/b16-14-. The summed E-state index contributed by atoms with van der Waals surface area (Å²) in [6, 6.07) is 6.88. The molecule has 1 aromatic rings. The Morgan fingerprint density at radius 2 is 1.82 bits per heavy atom. The zero-order valence-electron chi connectivity index (χ0n) is 16.1. The number of rotatable bonds is 11. The first-order valence-corrected chi connectivity index (χ1v) is 9.47. The molecule has 4 amide bonds. The van der Waals surface area contributed by atoms with Crippen LogP contribution >= 0.6 is 0 Å². The van der Waals surface area contributed by atoms with Crippen molar-refractivity contribution in [3.8, 4) is 5.75 Å². The highest BCUT2D eigenvalue weighted by Gasteiger charge is 2.33. The van der Waals surface area contributed by atoms with Crippen molar-refractivity contribution in [2.75, 3.05) is 13.7 Å². The van der Waals surface area contributed by atoms with Crippen molar-refractivity contribution in [3.63, 3.8) is 0 Å². The second-order valence-corrected chi connectivity index (χ2v) is 6.59. The molecule has 1 heterocycles. The lowest BCUT2D eigenvalue weighted by Crippen LogP contribution is -2.31. The van der Waals surface area contributed by atoms with Crippen molar-refractivity contribution in [1.29, 1.82) is 0 Å². The molecule has 0 aromatic heterocycles. The number of benzene rings is 1. The molecule has 8 nitrogen and oxygen atoms in total. The summed E-state index contributed by atoms with van der Waals surface area (Å²) >= 11 is 0. The minimum absolute atomic E-state index is 0.247. The zero-order chi connectivity index (χ0) is 20.4. The molecule has 0 unspecified atom stereocenters. The Morgan fingerprint density at radius 1 is 1.14 bits per heavy atom. The van der Waals surface area contributed by atoms with Crippen LogP contribution in [-0.2, 0) is 9.59 Å². The zero-order valence-corrected chi connectivity index (χ0v) is 16.1. The molecule has 152 valence electrons. The van der Waals surface area contributed by atoms with Gasteiger partial charge in [-0.25, -0.2) is 10.3 Å². The lowest BCUT2D eigenvalue weighted by atomic mass is 10.1. The second-order valence-electron chi connectivity index (χ2n) is 6.59. The summed E-state index contributed by atoms with van der Waals surface area (Å²) in [6.45, 7) is 0.376. The van der Waals surface area contributed by atoms with Gasteiger partial charge in [0.1, 0.15) is 11.4 Å². The molecule has 0 bridgehead atoms.